The Morgan fingerprint density at radius 3 is 2.68 bits per heavy atom. The van der Waals surface area contributed by atoms with Crippen LogP contribution < -0.4 is 10.6 Å². The van der Waals surface area contributed by atoms with Crippen molar-refractivity contribution in [3.63, 3.8) is 0 Å². The van der Waals surface area contributed by atoms with Gasteiger partial charge in [0.2, 0.25) is 0 Å². The van der Waals surface area contributed by atoms with Crippen LogP contribution in [0.15, 0.2) is 42.5 Å². The van der Waals surface area contributed by atoms with Gasteiger partial charge in [-0.25, -0.2) is 4.79 Å². The maximum atomic E-state index is 12.2. The molecule has 2 aromatic rings. The number of amides is 1. The first-order valence-electron chi connectivity index (χ1n) is 7.98. The van der Waals surface area contributed by atoms with Crippen molar-refractivity contribution >= 4 is 29.2 Å². The summed E-state index contributed by atoms with van der Waals surface area (Å²) < 4.78 is 4.71. The van der Waals surface area contributed by atoms with Crippen molar-refractivity contribution in [3.8, 4) is 0 Å². The number of aryl methyl sites for hydroxylation is 1. The number of hydrogen-bond acceptors (Lipinski definition) is 3. The van der Waals surface area contributed by atoms with E-state index in [0.29, 0.717) is 16.3 Å². The topological polar surface area (TPSA) is 72.0 Å². The minimum Gasteiger partial charge on any atom is -0.465 e. The van der Waals surface area contributed by atoms with Crippen molar-refractivity contribution < 1.29 is 19.6 Å². The SMILES string of the molecule is COC(=O)c1ccc(C)c(NC(=O)C[NH2+][C@H](C)c2cccc(Cl)c2)c1. The maximum absolute atomic E-state index is 12.2. The van der Waals surface area contributed by atoms with Crippen LogP contribution in [0.1, 0.15) is 34.5 Å². The van der Waals surface area contributed by atoms with E-state index in [0.717, 1.165) is 11.1 Å². The Morgan fingerprint density at radius 2 is 2.00 bits per heavy atom. The molecule has 3 N–H and O–H groups in total. The number of nitrogens with one attached hydrogen (secondary N) is 1. The Bertz CT molecular complexity index is 777. The molecule has 0 spiro atoms. The summed E-state index contributed by atoms with van der Waals surface area (Å²) in [6, 6.07) is 12.8. The van der Waals surface area contributed by atoms with E-state index in [1.807, 2.05) is 43.4 Å². The van der Waals surface area contributed by atoms with Crippen LogP contribution in [-0.4, -0.2) is 25.5 Å². The van der Waals surface area contributed by atoms with Gasteiger partial charge in [0.15, 0.2) is 6.54 Å². The van der Waals surface area contributed by atoms with Gasteiger partial charge < -0.3 is 15.4 Å². The van der Waals surface area contributed by atoms with Gasteiger partial charge in [-0.2, -0.15) is 0 Å². The van der Waals surface area contributed by atoms with Crippen LogP contribution in [0.2, 0.25) is 5.02 Å². The molecule has 0 saturated carbocycles. The molecule has 0 radical (unpaired) electrons. The minimum absolute atomic E-state index is 0.104. The van der Waals surface area contributed by atoms with Crippen LogP contribution in [0.5, 0.6) is 0 Å². The van der Waals surface area contributed by atoms with Gasteiger partial charge in [0.25, 0.3) is 5.91 Å². The molecular weight excluding hydrogens is 340 g/mol. The second-order valence-electron chi connectivity index (χ2n) is 5.85. The summed E-state index contributed by atoms with van der Waals surface area (Å²) in [4.78, 5) is 23.8. The van der Waals surface area contributed by atoms with Crippen LogP contribution in [0.4, 0.5) is 5.69 Å². The molecule has 0 fully saturated rings. The van der Waals surface area contributed by atoms with Gasteiger partial charge in [0.05, 0.1) is 12.7 Å². The van der Waals surface area contributed by atoms with E-state index in [1.165, 1.54) is 7.11 Å². The predicted molar refractivity (Wildman–Crippen MR) is 97.8 cm³/mol. The molecule has 1 amide bonds. The second-order valence-corrected chi connectivity index (χ2v) is 6.29. The van der Waals surface area contributed by atoms with Gasteiger partial charge in [0.1, 0.15) is 6.04 Å². The molecule has 0 aromatic heterocycles. The lowest BCUT2D eigenvalue weighted by atomic mass is 10.1. The molecule has 132 valence electrons. The van der Waals surface area contributed by atoms with Gasteiger partial charge in [-0.1, -0.05) is 29.8 Å². The third kappa shape index (κ3) is 5.31. The van der Waals surface area contributed by atoms with E-state index < -0.39 is 5.97 Å². The van der Waals surface area contributed by atoms with Gasteiger partial charge in [-0.15, -0.1) is 0 Å². The van der Waals surface area contributed by atoms with E-state index in [2.05, 4.69) is 5.32 Å². The molecule has 0 unspecified atom stereocenters. The highest BCUT2D eigenvalue weighted by atomic mass is 35.5. The maximum Gasteiger partial charge on any atom is 0.337 e. The summed E-state index contributed by atoms with van der Waals surface area (Å²) in [5.74, 6) is -0.573. The summed E-state index contributed by atoms with van der Waals surface area (Å²) in [6.07, 6.45) is 0. The number of esters is 1. The molecule has 6 heteroatoms. The summed E-state index contributed by atoms with van der Waals surface area (Å²) in [5, 5.41) is 5.45. The number of ether oxygens (including phenoxy) is 1. The summed E-state index contributed by atoms with van der Waals surface area (Å²) in [5.41, 5.74) is 2.95. The fourth-order valence-corrected chi connectivity index (χ4v) is 2.61. The van der Waals surface area contributed by atoms with E-state index in [-0.39, 0.29) is 18.5 Å². The predicted octanol–water partition coefficient (Wildman–Crippen LogP) is 2.70. The first-order valence-corrected chi connectivity index (χ1v) is 8.36. The van der Waals surface area contributed by atoms with Crippen molar-refractivity contribution in [3.05, 3.63) is 64.2 Å². The molecule has 25 heavy (non-hydrogen) atoms. The number of benzene rings is 2. The molecule has 1 atom stereocenters. The van der Waals surface area contributed by atoms with Crippen molar-refractivity contribution in [2.45, 2.75) is 19.9 Å². The summed E-state index contributed by atoms with van der Waals surface area (Å²) >= 11 is 6.00. The average molecular weight is 362 g/mol. The number of halogens is 1. The molecule has 0 aliphatic carbocycles. The average Bonchev–Trinajstić information content (AvgIpc) is 2.60. The summed E-state index contributed by atoms with van der Waals surface area (Å²) in [7, 11) is 1.33. The Balaban J connectivity index is 1.97. The Kier molecular flexibility index (Phi) is 6.56. The van der Waals surface area contributed by atoms with Crippen LogP contribution in [0.3, 0.4) is 0 Å². The van der Waals surface area contributed by atoms with Crippen molar-refractivity contribution in [2.24, 2.45) is 0 Å². The molecule has 0 aliphatic rings. The fraction of sp³-hybridized carbons (Fsp3) is 0.263. The van der Waals surface area contributed by atoms with Crippen LogP contribution in [-0.2, 0) is 9.53 Å². The lowest BCUT2D eigenvalue weighted by molar-refractivity contribution is -0.682. The normalized spacial score (nSPS) is 11.7. The number of quaternary nitrogens is 1. The van der Waals surface area contributed by atoms with E-state index in [4.69, 9.17) is 16.3 Å². The van der Waals surface area contributed by atoms with Gasteiger partial charge in [-0.3, -0.25) is 4.79 Å². The third-order valence-corrected chi connectivity index (χ3v) is 4.20. The Hall–Kier alpha value is -2.37. The van der Waals surface area contributed by atoms with Crippen LogP contribution in [0.25, 0.3) is 0 Å². The Morgan fingerprint density at radius 1 is 1.24 bits per heavy atom. The highest BCUT2D eigenvalue weighted by Crippen LogP contribution is 2.17. The first-order chi connectivity index (χ1) is 11.9. The number of rotatable bonds is 6. The zero-order valence-electron chi connectivity index (χ0n) is 14.5. The largest absolute Gasteiger partial charge is 0.465 e. The van der Waals surface area contributed by atoms with Crippen LogP contribution >= 0.6 is 11.6 Å². The molecule has 0 heterocycles. The van der Waals surface area contributed by atoms with E-state index in [1.54, 1.807) is 18.2 Å². The molecule has 5 nitrogen and oxygen atoms in total. The highest BCUT2D eigenvalue weighted by Gasteiger charge is 2.14. The summed E-state index contributed by atoms with van der Waals surface area (Å²) in [6.45, 7) is 4.15. The number of anilines is 1. The highest BCUT2D eigenvalue weighted by molar-refractivity contribution is 6.30. The van der Waals surface area contributed by atoms with E-state index in [9.17, 15) is 9.59 Å². The molecule has 2 rings (SSSR count). The molecule has 2 aromatic carbocycles. The molecule has 0 bridgehead atoms. The van der Waals surface area contributed by atoms with E-state index >= 15 is 0 Å². The lowest BCUT2D eigenvalue weighted by Crippen LogP contribution is -2.86. The van der Waals surface area contributed by atoms with Gasteiger partial charge >= 0.3 is 5.97 Å². The molecule has 0 saturated heterocycles. The minimum atomic E-state index is -0.434. The van der Waals surface area contributed by atoms with Gasteiger partial charge in [0, 0.05) is 16.3 Å². The van der Waals surface area contributed by atoms with Crippen molar-refractivity contribution in [2.75, 3.05) is 19.0 Å². The zero-order chi connectivity index (χ0) is 18.4. The molecule has 0 aliphatic heterocycles. The second kappa shape index (κ2) is 8.65. The number of methoxy groups -OCH3 is 1. The van der Waals surface area contributed by atoms with Crippen molar-refractivity contribution in [1.82, 2.24) is 0 Å². The quantitative estimate of drug-likeness (QED) is 0.777. The molecular formula is C19H22ClN2O3+. The Labute approximate surface area is 152 Å². The van der Waals surface area contributed by atoms with Crippen LogP contribution in [0, 0.1) is 6.92 Å². The number of hydrogen-bond donors (Lipinski definition) is 2. The lowest BCUT2D eigenvalue weighted by Gasteiger charge is -2.13. The monoisotopic (exact) mass is 361 g/mol. The number of carbonyl (C=O) groups is 2. The smallest absolute Gasteiger partial charge is 0.337 e. The third-order valence-electron chi connectivity index (χ3n) is 3.96. The zero-order valence-corrected chi connectivity index (χ0v) is 15.3. The fourth-order valence-electron chi connectivity index (χ4n) is 2.41. The number of carbonyl (C=O) groups excluding carboxylic acids is 2. The van der Waals surface area contributed by atoms with Crippen molar-refractivity contribution in [1.29, 1.82) is 0 Å². The standard InChI is InChI=1S/C19H21ClN2O3/c1-12-7-8-15(19(24)25-3)10-17(12)22-18(23)11-21-13(2)14-5-4-6-16(20)9-14/h4-10,13,21H,11H2,1-3H3,(H,22,23)/p+1/t13-/m1/s1. The number of nitrogens with two attached hydrogens (primary N) is 1. The first kappa shape index (κ1) is 19.0. The van der Waals surface area contributed by atoms with Gasteiger partial charge in [-0.05, 0) is 43.7 Å².